The number of hydrogen-bond donors (Lipinski definition) is 1. The highest BCUT2D eigenvalue weighted by atomic mass is 35.5. The Morgan fingerprint density at radius 3 is 2.77 bits per heavy atom. The second-order valence-corrected chi connectivity index (χ2v) is 6.10. The third-order valence-corrected chi connectivity index (χ3v) is 4.22. The van der Waals surface area contributed by atoms with Crippen LogP contribution in [0.15, 0.2) is 28.4 Å². The summed E-state index contributed by atoms with van der Waals surface area (Å²) in [6.07, 6.45) is 4.00. The lowest BCUT2D eigenvalue weighted by Crippen LogP contribution is -2.17. The van der Waals surface area contributed by atoms with Gasteiger partial charge in [0.25, 0.3) is 11.5 Å². The van der Waals surface area contributed by atoms with E-state index >= 15 is 0 Å². The Balaban J connectivity index is 2.26. The molecule has 2 aromatic rings. The van der Waals surface area contributed by atoms with Gasteiger partial charge in [0.15, 0.2) is 5.16 Å². The lowest BCUT2D eigenvalue weighted by molar-refractivity contribution is 0.0118. The van der Waals surface area contributed by atoms with E-state index in [4.69, 9.17) is 11.6 Å². The molecule has 0 atom stereocenters. The summed E-state index contributed by atoms with van der Waals surface area (Å²) in [6, 6.07) is 0.806. The fraction of sp³-hybridized carbons (Fsp3) is 0.357. The van der Waals surface area contributed by atoms with Crippen molar-refractivity contribution in [1.29, 1.82) is 0 Å². The van der Waals surface area contributed by atoms with Gasteiger partial charge in [-0.25, -0.2) is 4.98 Å². The third-order valence-electron chi connectivity index (χ3n) is 3.00. The number of aryl methyl sites for hydroxylation is 1. The average Bonchev–Trinajstić information content (AvgIpc) is 2.44. The molecule has 0 aliphatic heterocycles. The predicted molar refractivity (Wildman–Crippen MR) is 82.6 cm³/mol. The van der Waals surface area contributed by atoms with Crippen molar-refractivity contribution in [3.8, 4) is 0 Å². The lowest BCUT2D eigenvalue weighted by Gasteiger charge is -2.11. The quantitative estimate of drug-likeness (QED) is 0.661. The molecule has 22 heavy (non-hydrogen) atoms. The minimum atomic E-state index is -3.16. The average molecular weight is 346 g/mol. The molecular weight excluding hydrogens is 332 g/mol. The van der Waals surface area contributed by atoms with Gasteiger partial charge in [0.1, 0.15) is 5.69 Å². The number of aromatic amines is 1. The molecule has 2 heterocycles. The molecule has 0 aliphatic rings. The number of nitrogens with zero attached hydrogens (tertiary/aromatic N) is 2. The molecule has 2 aromatic heterocycles. The van der Waals surface area contributed by atoms with Crippen LogP contribution in [0.3, 0.4) is 0 Å². The number of halogens is 3. The molecule has 2 rings (SSSR count). The highest BCUT2D eigenvalue weighted by molar-refractivity contribution is 7.98. The molecule has 118 valence electrons. The van der Waals surface area contributed by atoms with Crippen molar-refractivity contribution in [3.63, 3.8) is 0 Å². The van der Waals surface area contributed by atoms with Gasteiger partial charge in [0.2, 0.25) is 0 Å². The van der Waals surface area contributed by atoms with Gasteiger partial charge >= 0.3 is 0 Å². The molecule has 0 spiro atoms. The maximum atomic E-state index is 13.3. The zero-order chi connectivity index (χ0) is 16.3. The molecule has 0 bridgehead atoms. The summed E-state index contributed by atoms with van der Waals surface area (Å²) in [5, 5.41) is 0.644. The Hall–Kier alpha value is -1.47. The molecule has 0 saturated carbocycles. The van der Waals surface area contributed by atoms with Crippen LogP contribution in [0.5, 0.6) is 0 Å². The minimum Gasteiger partial charge on any atom is -0.301 e. The van der Waals surface area contributed by atoms with Gasteiger partial charge in [-0.1, -0.05) is 30.3 Å². The van der Waals surface area contributed by atoms with Crippen LogP contribution in [0.4, 0.5) is 8.78 Å². The van der Waals surface area contributed by atoms with Crippen LogP contribution in [0.2, 0.25) is 5.02 Å². The van der Waals surface area contributed by atoms with Crippen molar-refractivity contribution in [1.82, 2.24) is 15.0 Å². The van der Waals surface area contributed by atoms with Crippen molar-refractivity contribution in [2.75, 3.05) is 0 Å². The summed E-state index contributed by atoms with van der Waals surface area (Å²) >= 11 is 7.27. The molecule has 4 nitrogen and oxygen atoms in total. The van der Waals surface area contributed by atoms with Crippen molar-refractivity contribution >= 4 is 23.4 Å². The number of thioether (sulfide) groups is 1. The van der Waals surface area contributed by atoms with E-state index < -0.39 is 17.2 Å². The highest BCUT2D eigenvalue weighted by Crippen LogP contribution is 2.29. The third kappa shape index (κ3) is 4.04. The first-order valence-electron chi connectivity index (χ1n) is 6.55. The summed E-state index contributed by atoms with van der Waals surface area (Å²) in [5.41, 5.74) is 0.681. The summed E-state index contributed by atoms with van der Waals surface area (Å²) in [4.78, 5) is 21.8. The number of aromatic nitrogens is 3. The molecule has 8 heteroatoms. The summed E-state index contributed by atoms with van der Waals surface area (Å²) in [7, 11) is 0. The van der Waals surface area contributed by atoms with E-state index in [0.717, 1.165) is 35.4 Å². The van der Waals surface area contributed by atoms with Gasteiger partial charge in [-0.2, -0.15) is 8.78 Å². The topological polar surface area (TPSA) is 58.6 Å². The zero-order valence-corrected chi connectivity index (χ0v) is 13.6. The van der Waals surface area contributed by atoms with Crippen LogP contribution in [0.25, 0.3) is 0 Å². The zero-order valence-electron chi connectivity index (χ0n) is 12.0. The van der Waals surface area contributed by atoms with Crippen LogP contribution in [-0.4, -0.2) is 15.0 Å². The number of pyridine rings is 1. The number of alkyl halides is 2. The maximum Gasteiger partial charge on any atom is 0.287 e. The predicted octanol–water partition coefficient (Wildman–Crippen LogP) is 3.78. The Bertz CT molecular complexity index is 731. The van der Waals surface area contributed by atoms with Crippen molar-refractivity contribution < 1.29 is 8.78 Å². The fourth-order valence-electron chi connectivity index (χ4n) is 1.84. The summed E-state index contributed by atoms with van der Waals surface area (Å²) in [5.74, 6) is -2.75. The monoisotopic (exact) mass is 345 g/mol. The van der Waals surface area contributed by atoms with Crippen LogP contribution in [0.1, 0.15) is 30.7 Å². The first kappa shape index (κ1) is 16.9. The fourth-order valence-corrected chi connectivity index (χ4v) is 3.12. The molecule has 1 N–H and O–H groups in total. The Morgan fingerprint density at radius 1 is 1.41 bits per heavy atom. The SMILES string of the molecule is CCc1cncc(Cl)c1CSc1nc(C(C)(F)F)cc(=O)[nH]1. The van der Waals surface area contributed by atoms with Gasteiger partial charge in [-0.05, 0) is 17.5 Å². The maximum absolute atomic E-state index is 13.3. The van der Waals surface area contributed by atoms with Gasteiger partial charge in [-0.3, -0.25) is 9.78 Å². The van der Waals surface area contributed by atoms with E-state index in [-0.39, 0.29) is 5.16 Å². The molecule has 0 amide bonds. The smallest absolute Gasteiger partial charge is 0.287 e. The molecule has 0 fully saturated rings. The van der Waals surface area contributed by atoms with Gasteiger partial charge < -0.3 is 4.98 Å². The van der Waals surface area contributed by atoms with E-state index in [1.165, 1.54) is 6.20 Å². The van der Waals surface area contributed by atoms with Gasteiger partial charge in [-0.15, -0.1) is 0 Å². The van der Waals surface area contributed by atoms with Crippen LogP contribution in [0, 0.1) is 0 Å². The van der Waals surface area contributed by atoms with Crippen LogP contribution < -0.4 is 5.56 Å². The second kappa shape index (κ2) is 6.75. The number of hydrogen-bond acceptors (Lipinski definition) is 4. The normalized spacial score (nSPS) is 11.7. The van der Waals surface area contributed by atoms with Gasteiger partial charge in [0.05, 0.1) is 5.02 Å². The standard InChI is InChI=1S/C14H14ClF2N3OS/c1-3-8-5-18-6-10(15)9(8)7-22-13-19-11(14(2,16)17)4-12(21)20-13/h4-6H,3,7H2,1-2H3,(H,19,20,21). The first-order valence-corrected chi connectivity index (χ1v) is 7.91. The van der Waals surface area contributed by atoms with E-state index in [9.17, 15) is 13.6 Å². The Labute approximate surface area is 135 Å². The largest absolute Gasteiger partial charge is 0.301 e. The molecule has 0 aromatic carbocycles. The Kier molecular flexibility index (Phi) is 5.18. The Morgan fingerprint density at radius 2 is 2.14 bits per heavy atom. The lowest BCUT2D eigenvalue weighted by atomic mass is 10.1. The van der Waals surface area contributed by atoms with E-state index in [0.29, 0.717) is 17.7 Å². The van der Waals surface area contributed by atoms with E-state index in [1.54, 1.807) is 6.20 Å². The molecule has 0 aliphatic carbocycles. The molecular formula is C14H14ClF2N3OS. The van der Waals surface area contributed by atoms with Crippen molar-refractivity contribution in [2.24, 2.45) is 0 Å². The number of nitrogens with one attached hydrogen (secondary N) is 1. The molecule has 0 radical (unpaired) electrons. The van der Waals surface area contributed by atoms with E-state index in [2.05, 4.69) is 15.0 Å². The first-order chi connectivity index (χ1) is 10.3. The molecule has 0 unspecified atom stereocenters. The number of rotatable bonds is 5. The second-order valence-electron chi connectivity index (χ2n) is 4.73. The minimum absolute atomic E-state index is 0.138. The summed E-state index contributed by atoms with van der Waals surface area (Å²) in [6.45, 7) is 2.68. The van der Waals surface area contributed by atoms with Crippen molar-refractivity contribution in [2.45, 2.75) is 37.1 Å². The van der Waals surface area contributed by atoms with Crippen LogP contribution in [-0.2, 0) is 18.1 Å². The van der Waals surface area contributed by atoms with Gasteiger partial charge in [0, 0.05) is 31.1 Å². The van der Waals surface area contributed by atoms with E-state index in [1.807, 2.05) is 6.92 Å². The highest BCUT2D eigenvalue weighted by Gasteiger charge is 2.27. The molecule has 0 saturated heterocycles. The van der Waals surface area contributed by atoms with Crippen molar-refractivity contribution in [3.05, 3.63) is 50.7 Å². The summed E-state index contributed by atoms with van der Waals surface area (Å²) < 4.78 is 26.6. The van der Waals surface area contributed by atoms with Crippen LogP contribution >= 0.6 is 23.4 Å². The number of H-pyrrole nitrogens is 1.